The van der Waals surface area contributed by atoms with E-state index in [2.05, 4.69) is 0 Å². The maximum atomic E-state index is 13.1. The first-order chi connectivity index (χ1) is 10.3. The number of fused-ring (bicyclic) bond motifs is 2. The van der Waals surface area contributed by atoms with Crippen LogP contribution in [-0.2, 0) is 14.3 Å². The highest BCUT2D eigenvalue weighted by atomic mass is 16.6. The van der Waals surface area contributed by atoms with Crippen molar-refractivity contribution in [3.8, 4) is 12.1 Å². The fourth-order valence-electron chi connectivity index (χ4n) is 3.66. The summed E-state index contributed by atoms with van der Waals surface area (Å²) in [5, 5.41) is 17.5. The van der Waals surface area contributed by atoms with E-state index in [9.17, 15) is 9.59 Å². The Bertz CT molecular complexity index is 568. The maximum Gasteiger partial charge on any atom is 0.313 e. The summed E-state index contributed by atoms with van der Waals surface area (Å²) in [6, 6.07) is 4.03. The van der Waals surface area contributed by atoms with E-state index in [1.54, 1.807) is 0 Å². The van der Waals surface area contributed by atoms with E-state index in [1.807, 2.05) is 32.9 Å². The third-order valence-electron chi connectivity index (χ3n) is 5.70. The van der Waals surface area contributed by atoms with Crippen LogP contribution in [0.5, 0.6) is 0 Å². The molecule has 2 rings (SSSR count). The second kappa shape index (κ2) is 5.28. The van der Waals surface area contributed by atoms with Gasteiger partial charge >= 0.3 is 5.97 Å². The van der Waals surface area contributed by atoms with Crippen molar-refractivity contribution in [2.24, 2.45) is 10.8 Å². The van der Waals surface area contributed by atoms with Crippen LogP contribution in [-0.4, -0.2) is 35.5 Å². The molecule has 2 atom stereocenters. The molecule has 0 N–H and O–H groups in total. The standard InChI is InChI=1S/C16H21N3O3/c1-14(2)15(3)6-7-16(14,22-13(15)21)12(20)19(10-4-8-17)11-5-9-18/h4-7,10-11H2,1-3H3. The SMILES string of the molecule is CC12CCC(C(=O)N(CCC#N)CCC#N)(OC1=O)C2(C)C. The number of hydrogen-bond acceptors (Lipinski definition) is 5. The zero-order valence-corrected chi connectivity index (χ0v) is 13.3. The van der Waals surface area contributed by atoms with Crippen LogP contribution in [0, 0.1) is 33.5 Å². The summed E-state index contributed by atoms with van der Waals surface area (Å²) in [6.45, 7) is 6.16. The van der Waals surface area contributed by atoms with E-state index in [0.717, 1.165) is 0 Å². The number of esters is 1. The molecule has 6 heteroatoms. The molecule has 118 valence electrons. The van der Waals surface area contributed by atoms with Gasteiger partial charge in [-0.2, -0.15) is 10.5 Å². The summed E-state index contributed by atoms with van der Waals surface area (Å²) >= 11 is 0. The van der Waals surface area contributed by atoms with E-state index in [4.69, 9.17) is 15.3 Å². The van der Waals surface area contributed by atoms with E-state index < -0.39 is 16.4 Å². The number of hydrogen-bond donors (Lipinski definition) is 0. The molecule has 0 spiro atoms. The lowest BCUT2D eigenvalue weighted by Crippen LogP contribution is -2.55. The molecule has 1 saturated carbocycles. The minimum atomic E-state index is -1.16. The van der Waals surface area contributed by atoms with Crippen LogP contribution in [0.25, 0.3) is 0 Å². The molecule has 0 aromatic carbocycles. The number of ether oxygens (including phenoxy) is 1. The van der Waals surface area contributed by atoms with E-state index in [-0.39, 0.29) is 37.8 Å². The zero-order valence-electron chi connectivity index (χ0n) is 13.3. The first kappa shape index (κ1) is 16.3. The number of nitrogens with zero attached hydrogens (tertiary/aromatic N) is 3. The van der Waals surface area contributed by atoms with Crippen LogP contribution in [0.2, 0.25) is 0 Å². The highest BCUT2D eigenvalue weighted by molar-refractivity contribution is 5.96. The van der Waals surface area contributed by atoms with Gasteiger partial charge in [0.1, 0.15) is 0 Å². The lowest BCUT2D eigenvalue weighted by Gasteiger charge is -2.38. The van der Waals surface area contributed by atoms with Gasteiger partial charge in [-0.15, -0.1) is 0 Å². The molecule has 2 aliphatic rings. The summed E-state index contributed by atoms with van der Waals surface area (Å²) in [5.74, 6) is -0.588. The van der Waals surface area contributed by atoms with Gasteiger partial charge in [0.05, 0.1) is 30.4 Å². The molecular formula is C16H21N3O3. The van der Waals surface area contributed by atoms with Crippen molar-refractivity contribution >= 4 is 11.9 Å². The largest absolute Gasteiger partial charge is 0.448 e. The van der Waals surface area contributed by atoms with Gasteiger partial charge in [-0.05, 0) is 19.8 Å². The summed E-state index contributed by atoms with van der Waals surface area (Å²) < 4.78 is 5.57. The maximum absolute atomic E-state index is 13.1. The predicted octanol–water partition coefficient (Wildman–Crippen LogP) is 1.76. The Labute approximate surface area is 130 Å². The lowest BCUT2D eigenvalue weighted by molar-refractivity contribution is -0.174. The Hall–Kier alpha value is -2.08. The summed E-state index contributed by atoms with van der Waals surface area (Å²) in [4.78, 5) is 26.8. The highest BCUT2D eigenvalue weighted by Crippen LogP contribution is 2.65. The monoisotopic (exact) mass is 303 g/mol. The zero-order chi connectivity index (χ0) is 16.6. The minimum absolute atomic E-state index is 0.193. The molecule has 0 radical (unpaired) electrons. The Balaban J connectivity index is 2.32. The minimum Gasteiger partial charge on any atom is -0.448 e. The quantitative estimate of drug-likeness (QED) is 0.721. The van der Waals surface area contributed by atoms with Crippen LogP contribution in [0.15, 0.2) is 0 Å². The lowest BCUT2D eigenvalue weighted by atomic mass is 9.66. The van der Waals surface area contributed by atoms with Gasteiger partial charge in [0.15, 0.2) is 5.60 Å². The van der Waals surface area contributed by atoms with E-state index in [0.29, 0.717) is 12.8 Å². The molecule has 1 amide bonds. The Morgan fingerprint density at radius 1 is 1.18 bits per heavy atom. The van der Waals surface area contributed by atoms with Crippen molar-refractivity contribution in [3.63, 3.8) is 0 Å². The van der Waals surface area contributed by atoms with Crippen molar-refractivity contribution in [1.82, 2.24) is 4.90 Å². The molecule has 1 aliphatic carbocycles. The van der Waals surface area contributed by atoms with Crippen molar-refractivity contribution in [2.75, 3.05) is 13.1 Å². The third kappa shape index (κ3) is 1.90. The molecule has 6 nitrogen and oxygen atoms in total. The number of rotatable bonds is 5. The fourth-order valence-corrected chi connectivity index (χ4v) is 3.66. The van der Waals surface area contributed by atoms with Crippen LogP contribution in [0.4, 0.5) is 0 Å². The average molecular weight is 303 g/mol. The van der Waals surface area contributed by atoms with Crippen molar-refractivity contribution in [2.45, 2.75) is 52.1 Å². The second-order valence-electron chi connectivity index (χ2n) is 6.78. The second-order valence-corrected chi connectivity index (χ2v) is 6.78. The number of amides is 1. The van der Waals surface area contributed by atoms with Gasteiger partial charge in [0.2, 0.25) is 0 Å². The molecule has 0 aromatic heterocycles. The summed E-state index contributed by atoms with van der Waals surface area (Å²) in [6.07, 6.45) is 1.50. The number of carbonyl (C=O) groups excluding carboxylic acids is 2. The van der Waals surface area contributed by atoms with E-state index in [1.165, 1.54) is 4.90 Å². The molecule has 2 bridgehead atoms. The first-order valence-electron chi connectivity index (χ1n) is 7.53. The molecule has 0 aromatic rings. The molecule has 1 heterocycles. The van der Waals surface area contributed by atoms with Gasteiger partial charge in [0.25, 0.3) is 5.91 Å². The van der Waals surface area contributed by atoms with Gasteiger partial charge in [-0.1, -0.05) is 13.8 Å². The van der Waals surface area contributed by atoms with Crippen LogP contribution in [0.3, 0.4) is 0 Å². The van der Waals surface area contributed by atoms with E-state index >= 15 is 0 Å². The van der Waals surface area contributed by atoms with Gasteiger partial charge in [0, 0.05) is 18.5 Å². The van der Waals surface area contributed by atoms with Crippen LogP contribution < -0.4 is 0 Å². The smallest absolute Gasteiger partial charge is 0.313 e. The molecule has 22 heavy (non-hydrogen) atoms. The first-order valence-corrected chi connectivity index (χ1v) is 7.53. The summed E-state index contributed by atoms with van der Waals surface area (Å²) in [5.41, 5.74) is -2.42. The molecule has 2 fully saturated rings. The molecule has 1 saturated heterocycles. The number of nitriles is 2. The Morgan fingerprint density at radius 2 is 1.73 bits per heavy atom. The summed E-state index contributed by atoms with van der Waals surface area (Å²) in [7, 11) is 0. The molecule has 2 unspecified atom stereocenters. The van der Waals surface area contributed by atoms with Crippen LogP contribution >= 0.6 is 0 Å². The van der Waals surface area contributed by atoms with Gasteiger partial charge in [-0.25, -0.2) is 0 Å². The topological polar surface area (TPSA) is 94.2 Å². The average Bonchev–Trinajstić information content (AvgIpc) is 2.77. The fraction of sp³-hybridized carbons (Fsp3) is 0.750. The highest BCUT2D eigenvalue weighted by Gasteiger charge is 2.76. The molecule has 1 aliphatic heterocycles. The van der Waals surface area contributed by atoms with Crippen molar-refractivity contribution < 1.29 is 14.3 Å². The Kier molecular flexibility index (Phi) is 3.91. The predicted molar refractivity (Wildman–Crippen MR) is 77.0 cm³/mol. The van der Waals surface area contributed by atoms with Crippen molar-refractivity contribution in [1.29, 1.82) is 10.5 Å². The van der Waals surface area contributed by atoms with Crippen LogP contribution in [0.1, 0.15) is 46.5 Å². The Morgan fingerprint density at radius 3 is 2.09 bits per heavy atom. The number of carbonyl (C=O) groups is 2. The van der Waals surface area contributed by atoms with Crippen molar-refractivity contribution in [3.05, 3.63) is 0 Å². The van der Waals surface area contributed by atoms with Gasteiger partial charge in [-0.3, -0.25) is 9.59 Å². The normalized spacial score (nSPS) is 31.2. The van der Waals surface area contributed by atoms with Gasteiger partial charge < -0.3 is 9.64 Å². The molecular weight excluding hydrogens is 282 g/mol. The third-order valence-corrected chi connectivity index (χ3v) is 5.70.